The molecule has 3 aliphatic rings. The fraction of sp³-hybridized carbons (Fsp3) is 0.500. The Hall–Kier alpha value is -2.37. The zero-order valence-corrected chi connectivity index (χ0v) is 20.6. The second kappa shape index (κ2) is 10.1. The van der Waals surface area contributed by atoms with Crippen LogP contribution in [0.5, 0.6) is 0 Å². The maximum Gasteiger partial charge on any atom is 0.228 e. The maximum absolute atomic E-state index is 12.9. The van der Waals surface area contributed by atoms with Crippen molar-refractivity contribution in [3.8, 4) is 0 Å². The van der Waals surface area contributed by atoms with Crippen molar-refractivity contribution in [3.63, 3.8) is 0 Å². The predicted molar refractivity (Wildman–Crippen MR) is 136 cm³/mol. The summed E-state index contributed by atoms with van der Waals surface area (Å²) >= 11 is 6.75. The van der Waals surface area contributed by atoms with E-state index in [2.05, 4.69) is 34.2 Å². The second-order valence-electron chi connectivity index (χ2n) is 10.2. The highest BCUT2D eigenvalue weighted by Crippen LogP contribution is 2.48. The molecule has 0 bridgehead atoms. The highest BCUT2D eigenvalue weighted by Gasteiger charge is 2.44. The van der Waals surface area contributed by atoms with Gasteiger partial charge in [-0.15, -0.1) is 0 Å². The quantitative estimate of drug-likeness (QED) is 0.611. The van der Waals surface area contributed by atoms with Crippen LogP contribution in [-0.2, 0) is 16.1 Å². The van der Waals surface area contributed by atoms with Crippen LogP contribution in [0, 0.1) is 11.8 Å². The van der Waals surface area contributed by atoms with Crippen LogP contribution in [0.3, 0.4) is 0 Å². The number of piperazine rings is 1. The monoisotopic (exact) mass is 479 g/mol. The molecule has 5 nitrogen and oxygen atoms in total. The van der Waals surface area contributed by atoms with Gasteiger partial charge in [-0.2, -0.15) is 0 Å². The molecule has 180 valence electrons. The van der Waals surface area contributed by atoms with Gasteiger partial charge in [0.05, 0.1) is 10.7 Å². The molecule has 2 saturated carbocycles. The van der Waals surface area contributed by atoms with Gasteiger partial charge in [-0.05, 0) is 49.3 Å². The number of benzene rings is 2. The summed E-state index contributed by atoms with van der Waals surface area (Å²) in [5.41, 5.74) is 2.92. The first-order valence-corrected chi connectivity index (χ1v) is 13.0. The van der Waals surface area contributed by atoms with E-state index in [0.717, 1.165) is 44.5 Å². The molecule has 2 amide bonds. The maximum atomic E-state index is 12.9. The Morgan fingerprint density at radius 2 is 1.79 bits per heavy atom. The van der Waals surface area contributed by atoms with Crippen molar-refractivity contribution in [2.24, 2.45) is 11.8 Å². The van der Waals surface area contributed by atoms with Crippen molar-refractivity contribution in [2.75, 3.05) is 25.0 Å². The lowest BCUT2D eigenvalue weighted by Gasteiger charge is -2.41. The lowest BCUT2D eigenvalue weighted by molar-refractivity contribution is -0.140. The Bertz CT molecular complexity index is 1040. The Morgan fingerprint density at radius 1 is 1.03 bits per heavy atom. The second-order valence-corrected chi connectivity index (χ2v) is 10.6. The van der Waals surface area contributed by atoms with E-state index in [0.29, 0.717) is 29.1 Å². The Balaban J connectivity index is 1.17. The van der Waals surface area contributed by atoms with Gasteiger partial charge in [0.25, 0.3) is 0 Å². The Labute approximate surface area is 207 Å². The minimum absolute atomic E-state index is 0.00783. The molecular formula is C28H34ClN3O2. The van der Waals surface area contributed by atoms with Gasteiger partial charge in [-0.25, -0.2) is 0 Å². The molecule has 2 aromatic carbocycles. The van der Waals surface area contributed by atoms with Crippen molar-refractivity contribution in [2.45, 2.75) is 57.5 Å². The topological polar surface area (TPSA) is 52.7 Å². The lowest BCUT2D eigenvalue weighted by atomic mass is 10.0. The molecule has 1 aliphatic heterocycles. The molecule has 0 spiro atoms. The van der Waals surface area contributed by atoms with Gasteiger partial charge in [0, 0.05) is 44.1 Å². The first kappa shape index (κ1) is 23.4. The molecule has 2 aliphatic carbocycles. The van der Waals surface area contributed by atoms with E-state index in [1.165, 1.54) is 18.4 Å². The van der Waals surface area contributed by atoms with Crippen LogP contribution in [0.15, 0.2) is 48.5 Å². The largest absolute Gasteiger partial charge is 0.337 e. The summed E-state index contributed by atoms with van der Waals surface area (Å²) in [6.45, 7) is 5.32. The molecule has 1 saturated heterocycles. The zero-order chi connectivity index (χ0) is 23.7. The molecule has 34 heavy (non-hydrogen) atoms. The molecular weight excluding hydrogens is 446 g/mol. The molecule has 6 heteroatoms. The Morgan fingerprint density at radius 3 is 2.53 bits per heavy atom. The van der Waals surface area contributed by atoms with E-state index in [-0.39, 0.29) is 23.8 Å². The van der Waals surface area contributed by atoms with Gasteiger partial charge in [-0.1, -0.05) is 66.9 Å². The third kappa shape index (κ3) is 5.01. The van der Waals surface area contributed by atoms with Gasteiger partial charge < -0.3 is 10.2 Å². The SMILES string of the molecule is CC1CN(Cc2cccc(NC(=O)C3CC3c3ccccc3)c2Cl)CCN1C(=O)C1CCCC1. The molecule has 3 unspecified atom stereocenters. The summed E-state index contributed by atoms with van der Waals surface area (Å²) in [4.78, 5) is 30.2. The van der Waals surface area contributed by atoms with Crippen molar-refractivity contribution >= 4 is 29.1 Å². The fourth-order valence-corrected chi connectivity index (χ4v) is 5.96. The number of nitrogens with zero attached hydrogens (tertiary/aromatic N) is 2. The van der Waals surface area contributed by atoms with Crippen LogP contribution >= 0.6 is 11.6 Å². The van der Waals surface area contributed by atoms with E-state index in [1.54, 1.807) is 0 Å². The fourth-order valence-electron chi connectivity index (χ4n) is 5.73. The van der Waals surface area contributed by atoms with E-state index in [9.17, 15) is 9.59 Å². The summed E-state index contributed by atoms with van der Waals surface area (Å²) in [6, 6.07) is 16.3. The first-order valence-electron chi connectivity index (χ1n) is 12.7. The number of amides is 2. The number of halogens is 1. The summed E-state index contributed by atoms with van der Waals surface area (Å²) in [5, 5.41) is 3.68. The van der Waals surface area contributed by atoms with Crippen molar-refractivity contribution in [1.82, 2.24) is 9.80 Å². The highest BCUT2D eigenvalue weighted by molar-refractivity contribution is 6.34. The van der Waals surface area contributed by atoms with Gasteiger partial charge in [0.1, 0.15) is 0 Å². The third-order valence-electron chi connectivity index (χ3n) is 7.78. The van der Waals surface area contributed by atoms with Gasteiger partial charge in [-0.3, -0.25) is 14.5 Å². The average molecular weight is 480 g/mol. The number of carbonyl (C=O) groups is 2. The van der Waals surface area contributed by atoms with Crippen LogP contribution in [0.25, 0.3) is 0 Å². The first-order chi connectivity index (χ1) is 16.5. The summed E-state index contributed by atoms with van der Waals surface area (Å²) < 4.78 is 0. The van der Waals surface area contributed by atoms with Crippen molar-refractivity contribution in [1.29, 1.82) is 0 Å². The third-order valence-corrected chi connectivity index (χ3v) is 8.23. The van der Waals surface area contributed by atoms with Crippen LogP contribution in [0.1, 0.15) is 56.1 Å². The van der Waals surface area contributed by atoms with E-state index in [4.69, 9.17) is 11.6 Å². The van der Waals surface area contributed by atoms with Gasteiger partial charge >= 0.3 is 0 Å². The smallest absolute Gasteiger partial charge is 0.228 e. The van der Waals surface area contributed by atoms with Crippen LogP contribution in [0.2, 0.25) is 5.02 Å². The molecule has 1 heterocycles. The van der Waals surface area contributed by atoms with Crippen LogP contribution < -0.4 is 5.32 Å². The van der Waals surface area contributed by atoms with Gasteiger partial charge in [0.2, 0.25) is 11.8 Å². The molecule has 1 N–H and O–H groups in total. The molecule has 3 atom stereocenters. The minimum atomic E-state index is 0.00783. The Kier molecular flexibility index (Phi) is 6.94. The normalized spacial score (nSPS) is 25.4. The molecule has 3 fully saturated rings. The van der Waals surface area contributed by atoms with E-state index in [1.807, 2.05) is 36.4 Å². The van der Waals surface area contributed by atoms with E-state index >= 15 is 0 Å². The van der Waals surface area contributed by atoms with Crippen LogP contribution in [-0.4, -0.2) is 47.3 Å². The molecule has 2 aromatic rings. The number of hydrogen-bond donors (Lipinski definition) is 1. The molecule has 0 aromatic heterocycles. The number of carbonyl (C=O) groups excluding carboxylic acids is 2. The minimum Gasteiger partial charge on any atom is -0.337 e. The summed E-state index contributed by atoms with van der Waals surface area (Å²) in [5.74, 6) is 0.930. The van der Waals surface area contributed by atoms with Crippen LogP contribution in [0.4, 0.5) is 5.69 Å². The van der Waals surface area contributed by atoms with Crippen molar-refractivity contribution < 1.29 is 9.59 Å². The number of hydrogen-bond acceptors (Lipinski definition) is 3. The molecule has 0 radical (unpaired) electrons. The molecule has 5 rings (SSSR count). The standard InChI is InChI=1S/C28H34ClN3O2/c1-19-17-31(14-15-32(19)28(34)21-10-5-6-11-21)18-22-12-7-13-25(26(22)29)30-27(33)24-16-23(24)20-8-3-2-4-9-20/h2-4,7-9,12-13,19,21,23-24H,5-6,10-11,14-18H2,1H3,(H,30,33). The van der Waals surface area contributed by atoms with Gasteiger partial charge in [0.15, 0.2) is 0 Å². The highest BCUT2D eigenvalue weighted by atomic mass is 35.5. The zero-order valence-electron chi connectivity index (χ0n) is 19.9. The van der Waals surface area contributed by atoms with E-state index < -0.39 is 0 Å². The number of rotatable bonds is 6. The lowest BCUT2D eigenvalue weighted by Crippen LogP contribution is -2.54. The average Bonchev–Trinajstić information content (AvgIpc) is 3.46. The summed E-state index contributed by atoms with van der Waals surface area (Å²) in [7, 11) is 0. The number of nitrogens with one attached hydrogen (secondary N) is 1. The predicted octanol–water partition coefficient (Wildman–Crippen LogP) is 5.31. The van der Waals surface area contributed by atoms with Crippen molar-refractivity contribution in [3.05, 3.63) is 64.7 Å². The summed E-state index contributed by atoms with van der Waals surface area (Å²) in [6.07, 6.45) is 5.35. The number of anilines is 1.